The minimum atomic E-state index is -4.00. The first kappa shape index (κ1) is 20.1. The van der Waals surface area contributed by atoms with Crippen LogP contribution in [0, 0.1) is 5.41 Å². The summed E-state index contributed by atoms with van der Waals surface area (Å²) >= 11 is 0. The molecule has 0 spiro atoms. The Morgan fingerprint density at radius 1 is 0.857 bits per heavy atom. The molecule has 0 aliphatic heterocycles. The van der Waals surface area contributed by atoms with Crippen molar-refractivity contribution in [1.82, 2.24) is 0 Å². The highest BCUT2D eigenvalue weighted by Gasteiger charge is 2.81. The van der Waals surface area contributed by atoms with Crippen molar-refractivity contribution in [1.29, 1.82) is 0 Å². The van der Waals surface area contributed by atoms with E-state index in [4.69, 9.17) is 9.47 Å². The van der Waals surface area contributed by atoms with Gasteiger partial charge < -0.3 is 9.47 Å². The first-order valence-electron chi connectivity index (χ1n) is 9.10. The molecule has 0 amide bonds. The summed E-state index contributed by atoms with van der Waals surface area (Å²) in [6.07, 6.45) is 0. The number of carbonyl (C=O) groups excluding carboxylic acids is 2. The van der Waals surface area contributed by atoms with E-state index in [1.807, 2.05) is 0 Å². The zero-order chi connectivity index (χ0) is 20.4. The van der Waals surface area contributed by atoms with E-state index < -0.39 is 38.4 Å². The highest BCUT2D eigenvalue weighted by atomic mass is 32.2. The molecular formula is C21H22O6S. The van der Waals surface area contributed by atoms with Crippen LogP contribution >= 0.6 is 0 Å². The highest BCUT2D eigenvalue weighted by Crippen LogP contribution is 2.65. The van der Waals surface area contributed by atoms with Gasteiger partial charge in [-0.3, -0.25) is 9.59 Å². The summed E-state index contributed by atoms with van der Waals surface area (Å²) in [7, 11) is -4.00. The Labute approximate surface area is 164 Å². The number of ether oxygens (including phenoxy) is 2. The Morgan fingerprint density at radius 2 is 1.32 bits per heavy atom. The Balaban J connectivity index is 2.19. The van der Waals surface area contributed by atoms with Crippen LogP contribution < -0.4 is 0 Å². The second-order valence-corrected chi connectivity index (χ2v) is 8.55. The van der Waals surface area contributed by atoms with Gasteiger partial charge in [-0.05, 0) is 31.5 Å². The van der Waals surface area contributed by atoms with Crippen LogP contribution in [-0.4, -0.2) is 38.8 Å². The second kappa shape index (κ2) is 7.75. The number of benzene rings is 2. The summed E-state index contributed by atoms with van der Waals surface area (Å²) in [6, 6.07) is 16.5. The topological polar surface area (TPSA) is 86.7 Å². The van der Waals surface area contributed by atoms with Gasteiger partial charge in [0.1, 0.15) is 5.25 Å². The Hall–Kier alpha value is -2.67. The van der Waals surface area contributed by atoms with E-state index in [0.29, 0.717) is 5.56 Å². The molecule has 0 aromatic heterocycles. The molecule has 0 unspecified atom stereocenters. The fourth-order valence-corrected chi connectivity index (χ4v) is 6.02. The zero-order valence-electron chi connectivity index (χ0n) is 15.7. The van der Waals surface area contributed by atoms with E-state index in [1.54, 1.807) is 62.4 Å². The van der Waals surface area contributed by atoms with Gasteiger partial charge in [0.05, 0.1) is 18.1 Å². The van der Waals surface area contributed by atoms with Gasteiger partial charge in [-0.15, -0.1) is 0 Å². The molecule has 2 atom stereocenters. The quantitative estimate of drug-likeness (QED) is 0.523. The van der Waals surface area contributed by atoms with Crippen molar-refractivity contribution in [2.45, 2.75) is 29.9 Å². The van der Waals surface area contributed by atoms with E-state index in [0.717, 1.165) is 0 Å². The molecule has 0 N–H and O–H groups in total. The number of hydrogen-bond acceptors (Lipinski definition) is 6. The SMILES string of the molecule is CCOC(=O)C1(C(=O)OCC)[C@H](c2ccccc2)[C@H]1S(=O)(=O)c1ccccc1. The summed E-state index contributed by atoms with van der Waals surface area (Å²) in [5.41, 5.74) is -1.34. The van der Waals surface area contributed by atoms with Gasteiger partial charge in [-0.2, -0.15) is 0 Å². The molecular weight excluding hydrogens is 380 g/mol. The Morgan fingerprint density at radius 3 is 1.79 bits per heavy atom. The third kappa shape index (κ3) is 3.09. The van der Waals surface area contributed by atoms with Crippen LogP contribution in [0.25, 0.3) is 0 Å². The second-order valence-electron chi connectivity index (χ2n) is 6.48. The van der Waals surface area contributed by atoms with Crippen molar-refractivity contribution in [3.63, 3.8) is 0 Å². The standard InChI is InChI=1S/C21H22O6S/c1-3-26-19(22)21(20(23)27-4-2)17(15-11-7-5-8-12-15)18(21)28(24,25)16-13-9-6-10-14-16/h5-14,17-18H,3-4H2,1-2H3/t17-,18-/m1/s1. The molecule has 148 valence electrons. The van der Waals surface area contributed by atoms with Gasteiger partial charge in [-0.1, -0.05) is 48.5 Å². The lowest BCUT2D eigenvalue weighted by Gasteiger charge is -2.15. The van der Waals surface area contributed by atoms with E-state index in [9.17, 15) is 18.0 Å². The third-order valence-electron chi connectivity index (χ3n) is 4.92. The van der Waals surface area contributed by atoms with Gasteiger partial charge in [0.15, 0.2) is 15.3 Å². The molecule has 0 saturated heterocycles. The summed E-state index contributed by atoms with van der Waals surface area (Å²) in [6.45, 7) is 3.27. The molecule has 1 fully saturated rings. The molecule has 7 heteroatoms. The first-order chi connectivity index (χ1) is 13.4. The summed E-state index contributed by atoms with van der Waals surface area (Å²) in [5, 5.41) is -1.29. The van der Waals surface area contributed by atoms with Crippen molar-refractivity contribution in [2.75, 3.05) is 13.2 Å². The molecule has 6 nitrogen and oxygen atoms in total. The fraction of sp³-hybridized carbons (Fsp3) is 0.333. The zero-order valence-corrected chi connectivity index (χ0v) is 16.5. The van der Waals surface area contributed by atoms with E-state index in [-0.39, 0.29) is 18.1 Å². The normalized spacial score (nSPS) is 20.2. The third-order valence-corrected chi connectivity index (χ3v) is 7.17. The predicted octanol–water partition coefficient (Wildman–Crippen LogP) is 2.74. The highest BCUT2D eigenvalue weighted by molar-refractivity contribution is 7.92. The van der Waals surface area contributed by atoms with Crippen LogP contribution in [0.4, 0.5) is 0 Å². The average molecular weight is 402 g/mol. The number of rotatable bonds is 7. The molecule has 3 rings (SSSR count). The average Bonchev–Trinajstić information content (AvgIpc) is 3.42. The maximum atomic E-state index is 13.4. The minimum Gasteiger partial charge on any atom is -0.465 e. The lowest BCUT2D eigenvalue weighted by atomic mass is 9.99. The summed E-state index contributed by atoms with van der Waals surface area (Å²) in [4.78, 5) is 25.9. The maximum Gasteiger partial charge on any atom is 0.325 e. The number of sulfone groups is 1. The minimum absolute atomic E-state index is 0.0274. The maximum absolute atomic E-state index is 13.4. The van der Waals surface area contributed by atoms with Crippen LogP contribution in [0.3, 0.4) is 0 Å². The van der Waals surface area contributed by atoms with Crippen LogP contribution in [0.2, 0.25) is 0 Å². The molecule has 0 radical (unpaired) electrons. The monoisotopic (exact) mass is 402 g/mol. The molecule has 1 saturated carbocycles. The molecule has 2 aromatic carbocycles. The van der Waals surface area contributed by atoms with Crippen LogP contribution in [0.1, 0.15) is 25.3 Å². The molecule has 1 aliphatic rings. The fourth-order valence-electron chi connectivity index (χ4n) is 3.71. The van der Waals surface area contributed by atoms with Crippen molar-refractivity contribution in [3.05, 3.63) is 66.2 Å². The smallest absolute Gasteiger partial charge is 0.325 e. The van der Waals surface area contributed by atoms with Crippen LogP contribution in [0.5, 0.6) is 0 Å². The van der Waals surface area contributed by atoms with Crippen molar-refractivity contribution in [2.24, 2.45) is 5.41 Å². The van der Waals surface area contributed by atoms with E-state index >= 15 is 0 Å². The van der Waals surface area contributed by atoms with Gasteiger partial charge >= 0.3 is 11.9 Å². The molecule has 0 heterocycles. The first-order valence-corrected chi connectivity index (χ1v) is 10.6. The summed E-state index contributed by atoms with van der Waals surface area (Å²) < 4.78 is 37.1. The van der Waals surface area contributed by atoms with E-state index in [1.165, 1.54) is 12.1 Å². The predicted molar refractivity (Wildman–Crippen MR) is 102 cm³/mol. The number of carbonyl (C=O) groups is 2. The molecule has 0 bridgehead atoms. The number of hydrogen-bond donors (Lipinski definition) is 0. The lowest BCUT2D eigenvalue weighted by molar-refractivity contribution is -0.164. The molecule has 2 aromatic rings. The van der Waals surface area contributed by atoms with Gasteiger partial charge in [-0.25, -0.2) is 8.42 Å². The number of esters is 2. The lowest BCUT2D eigenvalue weighted by Crippen LogP contribution is -2.35. The summed E-state index contributed by atoms with van der Waals surface area (Å²) in [5.74, 6) is -2.62. The van der Waals surface area contributed by atoms with Crippen molar-refractivity contribution in [3.8, 4) is 0 Å². The van der Waals surface area contributed by atoms with Crippen molar-refractivity contribution >= 4 is 21.8 Å². The van der Waals surface area contributed by atoms with E-state index in [2.05, 4.69) is 0 Å². The molecule has 1 aliphatic carbocycles. The van der Waals surface area contributed by atoms with Gasteiger partial charge in [0.25, 0.3) is 0 Å². The Kier molecular flexibility index (Phi) is 5.56. The Bertz CT molecular complexity index is 935. The largest absolute Gasteiger partial charge is 0.465 e. The van der Waals surface area contributed by atoms with Crippen LogP contribution in [-0.2, 0) is 28.9 Å². The van der Waals surface area contributed by atoms with Crippen LogP contribution in [0.15, 0.2) is 65.6 Å². The van der Waals surface area contributed by atoms with Gasteiger partial charge in [0.2, 0.25) is 0 Å². The molecule has 28 heavy (non-hydrogen) atoms. The van der Waals surface area contributed by atoms with Crippen molar-refractivity contribution < 1.29 is 27.5 Å². The van der Waals surface area contributed by atoms with Gasteiger partial charge in [0, 0.05) is 5.92 Å².